The SMILES string of the molecule is Cc1ccc2oc(=O)n(CC(=O)N3CCC[C@@H](N4CCCC4=O)C3)c2c1. The van der Waals surface area contributed by atoms with Crippen LogP contribution >= 0.6 is 0 Å². The van der Waals surface area contributed by atoms with E-state index in [-0.39, 0.29) is 24.4 Å². The van der Waals surface area contributed by atoms with Crippen molar-refractivity contribution in [3.05, 3.63) is 34.3 Å². The van der Waals surface area contributed by atoms with Crippen molar-refractivity contribution in [3.63, 3.8) is 0 Å². The Hall–Kier alpha value is -2.57. The number of fused-ring (bicyclic) bond motifs is 1. The summed E-state index contributed by atoms with van der Waals surface area (Å²) in [5.74, 6) is -0.424. The molecule has 2 fully saturated rings. The minimum absolute atomic E-state index is 0.0318. The Kier molecular flexibility index (Phi) is 4.30. The first kappa shape index (κ1) is 16.9. The summed E-state index contributed by atoms with van der Waals surface area (Å²) in [5, 5.41) is 0. The lowest BCUT2D eigenvalue weighted by atomic mass is 10.0. The van der Waals surface area contributed by atoms with Gasteiger partial charge in [0.2, 0.25) is 11.8 Å². The molecule has 1 aromatic carbocycles. The van der Waals surface area contributed by atoms with E-state index in [1.54, 1.807) is 11.0 Å². The van der Waals surface area contributed by atoms with Crippen LogP contribution in [0.15, 0.2) is 27.4 Å². The molecule has 0 aliphatic carbocycles. The zero-order valence-corrected chi connectivity index (χ0v) is 14.9. The number of carbonyl (C=O) groups excluding carboxylic acids is 2. The number of amides is 2. The molecular formula is C19H23N3O4. The van der Waals surface area contributed by atoms with E-state index in [2.05, 4.69) is 0 Å². The molecular weight excluding hydrogens is 334 g/mol. The van der Waals surface area contributed by atoms with Crippen LogP contribution in [0.5, 0.6) is 0 Å². The smallest absolute Gasteiger partial charge is 0.408 e. The number of likely N-dealkylation sites (tertiary alicyclic amines) is 2. The second-order valence-corrected chi connectivity index (χ2v) is 7.25. The van der Waals surface area contributed by atoms with Crippen LogP contribution in [0, 0.1) is 6.92 Å². The first-order chi connectivity index (χ1) is 12.5. The van der Waals surface area contributed by atoms with Gasteiger partial charge in [-0.3, -0.25) is 14.2 Å². The maximum absolute atomic E-state index is 12.8. The number of nitrogens with zero attached hydrogens (tertiary/aromatic N) is 3. The quantitative estimate of drug-likeness (QED) is 0.835. The molecule has 0 bridgehead atoms. The van der Waals surface area contributed by atoms with Crippen molar-refractivity contribution in [3.8, 4) is 0 Å². The number of piperidine rings is 1. The lowest BCUT2D eigenvalue weighted by Crippen LogP contribution is -2.51. The summed E-state index contributed by atoms with van der Waals surface area (Å²) in [6, 6.07) is 5.58. The Balaban J connectivity index is 1.51. The van der Waals surface area contributed by atoms with Gasteiger partial charge in [0.15, 0.2) is 5.58 Å². The highest BCUT2D eigenvalue weighted by Crippen LogP contribution is 2.22. The van der Waals surface area contributed by atoms with E-state index in [0.29, 0.717) is 30.6 Å². The number of oxazole rings is 1. The Morgan fingerprint density at radius 2 is 2.08 bits per heavy atom. The van der Waals surface area contributed by atoms with Crippen LogP contribution in [0.1, 0.15) is 31.2 Å². The molecule has 7 heteroatoms. The van der Waals surface area contributed by atoms with Crippen LogP contribution < -0.4 is 5.76 Å². The summed E-state index contributed by atoms with van der Waals surface area (Å²) in [7, 11) is 0. The van der Waals surface area contributed by atoms with E-state index in [9.17, 15) is 14.4 Å². The molecule has 0 N–H and O–H groups in total. The number of hydrogen-bond donors (Lipinski definition) is 0. The average molecular weight is 357 g/mol. The number of rotatable bonds is 3. The summed E-state index contributed by atoms with van der Waals surface area (Å²) in [6.45, 7) is 3.91. The first-order valence-electron chi connectivity index (χ1n) is 9.20. The van der Waals surface area contributed by atoms with Crippen molar-refractivity contribution in [2.75, 3.05) is 19.6 Å². The highest BCUT2D eigenvalue weighted by Gasteiger charge is 2.33. The fourth-order valence-electron chi connectivity index (χ4n) is 4.05. The Labute approximate surface area is 151 Å². The summed E-state index contributed by atoms with van der Waals surface area (Å²) in [5.41, 5.74) is 2.14. The van der Waals surface area contributed by atoms with E-state index in [4.69, 9.17) is 4.42 Å². The third-order valence-electron chi connectivity index (χ3n) is 5.42. The lowest BCUT2D eigenvalue weighted by Gasteiger charge is -2.37. The van der Waals surface area contributed by atoms with Gasteiger partial charge in [-0.15, -0.1) is 0 Å². The second-order valence-electron chi connectivity index (χ2n) is 7.25. The average Bonchev–Trinajstić information content (AvgIpc) is 3.19. The van der Waals surface area contributed by atoms with Crippen LogP contribution in [0.3, 0.4) is 0 Å². The molecule has 0 saturated carbocycles. The molecule has 2 aliphatic heterocycles. The second kappa shape index (κ2) is 6.63. The van der Waals surface area contributed by atoms with E-state index >= 15 is 0 Å². The summed E-state index contributed by atoms with van der Waals surface area (Å²) < 4.78 is 6.64. The number of benzene rings is 1. The molecule has 26 heavy (non-hydrogen) atoms. The van der Waals surface area contributed by atoms with Crippen molar-refractivity contribution in [2.24, 2.45) is 0 Å². The predicted molar refractivity (Wildman–Crippen MR) is 95.8 cm³/mol. The number of hydrogen-bond acceptors (Lipinski definition) is 4. The molecule has 1 atom stereocenters. The molecule has 2 amide bonds. The van der Waals surface area contributed by atoms with Gasteiger partial charge < -0.3 is 14.2 Å². The van der Waals surface area contributed by atoms with Gasteiger partial charge >= 0.3 is 5.76 Å². The van der Waals surface area contributed by atoms with Crippen LogP contribution in [-0.2, 0) is 16.1 Å². The highest BCUT2D eigenvalue weighted by atomic mass is 16.4. The fourth-order valence-corrected chi connectivity index (χ4v) is 4.05. The monoisotopic (exact) mass is 357 g/mol. The molecule has 0 unspecified atom stereocenters. The van der Waals surface area contributed by atoms with Gasteiger partial charge in [-0.25, -0.2) is 4.79 Å². The van der Waals surface area contributed by atoms with Crippen LogP contribution in [0.4, 0.5) is 0 Å². The Morgan fingerprint density at radius 1 is 1.23 bits per heavy atom. The summed E-state index contributed by atoms with van der Waals surface area (Å²) in [4.78, 5) is 40.7. The zero-order valence-electron chi connectivity index (χ0n) is 14.9. The summed E-state index contributed by atoms with van der Waals surface area (Å²) in [6.07, 6.45) is 3.32. The first-order valence-corrected chi connectivity index (χ1v) is 9.20. The van der Waals surface area contributed by atoms with Crippen molar-refractivity contribution in [1.82, 2.24) is 14.4 Å². The summed E-state index contributed by atoms with van der Waals surface area (Å²) >= 11 is 0. The number of aromatic nitrogens is 1. The van der Waals surface area contributed by atoms with Gasteiger partial charge in [0.05, 0.1) is 5.52 Å². The van der Waals surface area contributed by atoms with Crippen molar-refractivity contribution in [1.29, 1.82) is 0 Å². The molecule has 2 aliphatic rings. The molecule has 0 spiro atoms. The maximum atomic E-state index is 12.8. The standard InChI is InChI=1S/C19H23N3O4/c1-13-6-7-16-15(10-13)22(19(25)26-16)12-18(24)20-8-2-4-14(11-20)21-9-3-5-17(21)23/h6-7,10,14H,2-5,8-9,11-12H2,1H3/t14-/m1/s1. The Morgan fingerprint density at radius 3 is 2.85 bits per heavy atom. The van der Waals surface area contributed by atoms with E-state index < -0.39 is 5.76 Å². The molecule has 2 aromatic rings. The van der Waals surface area contributed by atoms with E-state index in [1.165, 1.54) is 4.57 Å². The zero-order chi connectivity index (χ0) is 18.3. The van der Waals surface area contributed by atoms with Crippen LogP contribution in [-0.4, -0.2) is 51.9 Å². The van der Waals surface area contributed by atoms with Gasteiger partial charge in [-0.2, -0.15) is 0 Å². The molecule has 7 nitrogen and oxygen atoms in total. The highest BCUT2D eigenvalue weighted by molar-refractivity contribution is 5.81. The van der Waals surface area contributed by atoms with Gasteiger partial charge in [0.25, 0.3) is 0 Å². The predicted octanol–water partition coefficient (Wildman–Crippen LogP) is 1.52. The minimum atomic E-state index is -0.512. The third-order valence-corrected chi connectivity index (χ3v) is 5.42. The molecule has 138 valence electrons. The third kappa shape index (κ3) is 3.02. The van der Waals surface area contributed by atoms with E-state index in [0.717, 1.165) is 31.4 Å². The molecule has 2 saturated heterocycles. The van der Waals surface area contributed by atoms with Crippen LogP contribution in [0.2, 0.25) is 0 Å². The van der Waals surface area contributed by atoms with Crippen molar-refractivity contribution < 1.29 is 14.0 Å². The largest absolute Gasteiger partial charge is 0.420 e. The van der Waals surface area contributed by atoms with E-state index in [1.807, 2.05) is 24.0 Å². The maximum Gasteiger partial charge on any atom is 0.420 e. The van der Waals surface area contributed by atoms with Crippen LogP contribution in [0.25, 0.3) is 11.1 Å². The fraction of sp³-hybridized carbons (Fsp3) is 0.526. The van der Waals surface area contributed by atoms with Gasteiger partial charge in [0, 0.05) is 32.1 Å². The molecule has 0 radical (unpaired) electrons. The molecule has 4 rings (SSSR count). The van der Waals surface area contributed by atoms with Gasteiger partial charge in [-0.05, 0) is 43.9 Å². The van der Waals surface area contributed by atoms with Gasteiger partial charge in [0.1, 0.15) is 6.54 Å². The van der Waals surface area contributed by atoms with Gasteiger partial charge in [-0.1, -0.05) is 6.07 Å². The molecule has 3 heterocycles. The lowest BCUT2D eigenvalue weighted by molar-refractivity contribution is -0.137. The number of aryl methyl sites for hydroxylation is 1. The minimum Gasteiger partial charge on any atom is -0.408 e. The number of carbonyl (C=O) groups is 2. The van der Waals surface area contributed by atoms with Crippen molar-refractivity contribution in [2.45, 2.75) is 45.2 Å². The van der Waals surface area contributed by atoms with Crippen molar-refractivity contribution >= 4 is 22.9 Å². The Bertz CT molecular complexity index is 913. The normalized spacial score (nSPS) is 21.0. The topological polar surface area (TPSA) is 75.8 Å². The molecule has 1 aromatic heterocycles.